The number of nitrogens with zero attached hydrogens (tertiary/aromatic N) is 6. The smallest absolute Gasteiger partial charge is 0.359 e. The standard InChI is InChI=1S/C25H17ClFN7O3/c1-13-5-17(11-29-10-13)34-24(35)32-23(31-20-8-22-21(7-18(20)26)30-14(2)37-22)33(25(34)36)12-15-3-4-19(27)16(6-15)9-28/h3-8,10-11H,12H2,1-2H3,(H,31,32,35). The largest absolute Gasteiger partial charge is 0.441 e. The van der Waals surface area contributed by atoms with E-state index < -0.39 is 17.2 Å². The molecule has 0 fully saturated rings. The normalized spacial score (nSPS) is 11.0. The molecule has 184 valence electrons. The van der Waals surface area contributed by atoms with Crippen molar-refractivity contribution in [2.45, 2.75) is 20.4 Å². The number of fused-ring (bicyclic) bond motifs is 1. The van der Waals surface area contributed by atoms with E-state index in [4.69, 9.17) is 16.0 Å². The van der Waals surface area contributed by atoms with Crippen LogP contribution in [0.15, 0.2) is 62.8 Å². The Morgan fingerprint density at radius 3 is 2.70 bits per heavy atom. The number of nitriles is 1. The van der Waals surface area contributed by atoms with Gasteiger partial charge in [-0.15, -0.1) is 0 Å². The van der Waals surface area contributed by atoms with E-state index in [1.54, 1.807) is 44.3 Å². The van der Waals surface area contributed by atoms with Crippen LogP contribution in [-0.2, 0) is 6.54 Å². The van der Waals surface area contributed by atoms with Crippen LogP contribution in [0, 0.1) is 31.0 Å². The van der Waals surface area contributed by atoms with Gasteiger partial charge in [-0.1, -0.05) is 17.7 Å². The number of anilines is 2. The predicted octanol–water partition coefficient (Wildman–Crippen LogP) is 4.00. The van der Waals surface area contributed by atoms with Crippen molar-refractivity contribution in [3.05, 3.63) is 103 Å². The van der Waals surface area contributed by atoms with E-state index >= 15 is 0 Å². The molecule has 12 heteroatoms. The van der Waals surface area contributed by atoms with Gasteiger partial charge in [0.2, 0.25) is 5.95 Å². The van der Waals surface area contributed by atoms with Gasteiger partial charge in [0.1, 0.15) is 17.4 Å². The highest BCUT2D eigenvalue weighted by Gasteiger charge is 2.18. The first-order chi connectivity index (χ1) is 17.7. The molecule has 0 aliphatic heterocycles. The lowest BCUT2D eigenvalue weighted by Crippen LogP contribution is -2.41. The SMILES string of the molecule is Cc1cncc(-n2c(=O)nc(Nc3cc4oc(C)nc4cc3Cl)n(Cc3ccc(F)c(C#N)c3)c2=O)c1. The third kappa shape index (κ3) is 4.57. The van der Waals surface area contributed by atoms with Crippen LogP contribution < -0.4 is 16.7 Å². The van der Waals surface area contributed by atoms with Crippen LogP contribution in [0.25, 0.3) is 16.8 Å². The lowest BCUT2D eigenvalue weighted by Gasteiger charge is -2.16. The molecule has 10 nitrogen and oxygen atoms in total. The molecule has 0 radical (unpaired) electrons. The van der Waals surface area contributed by atoms with Gasteiger partial charge in [0, 0.05) is 19.2 Å². The van der Waals surface area contributed by atoms with Gasteiger partial charge in [-0.05, 0) is 42.3 Å². The number of benzene rings is 2. The van der Waals surface area contributed by atoms with Crippen molar-refractivity contribution in [1.29, 1.82) is 5.26 Å². The molecule has 0 bridgehead atoms. The number of aryl methyl sites for hydroxylation is 2. The van der Waals surface area contributed by atoms with Gasteiger partial charge in [0.15, 0.2) is 11.5 Å². The highest BCUT2D eigenvalue weighted by atomic mass is 35.5. The molecule has 0 atom stereocenters. The Morgan fingerprint density at radius 1 is 1.14 bits per heavy atom. The van der Waals surface area contributed by atoms with E-state index in [-0.39, 0.29) is 28.8 Å². The van der Waals surface area contributed by atoms with Crippen molar-refractivity contribution in [1.82, 2.24) is 24.1 Å². The Bertz CT molecular complexity index is 1850. The second kappa shape index (κ2) is 9.33. The van der Waals surface area contributed by atoms with Crippen molar-refractivity contribution in [2.24, 2.45) is 0 Å². The quantitative estimate of drug-likeness (QED) is 0.370. The molecule has 0 amide bonds. The maximum Gasteiger partial charge on any atom is 0.359 e. The van der Waals surface area contributed by atoms with E-state index in [2.05, 4.69) is 20.3 Å². The number of pyridine rings is 1. The van der Waals surface area contributed by atoms with Crippen LogP contribution in [0.2, 0.25) is 5.02 Å². The Morgan fingerprint density at radius 2 is 1.95 bits per heavy atom. The topological polar surface area (TPSA) is 132 Å². The summed E-state index contributed by atoms with van der Waals surface area (Å²) in [6, 6.07) is 10.5. The van der Waals surface area contributed by atoms with Gasteiger partial charge in [-0.3, -0.25) is 9.55 Å². The highest BCUT2D eigenvalue weighted by Crippen LogP contribution is 2.30. The number of oxazole rings is 1. The zero-order chi connectivity index (χ0) is 26.3. The van der Waals surface area contributed by atoms with Gasteiger partial charge in [0.05, 0.1) is 34.7 Å². The van der Waals surface area contributed by atoms with Crippen molar-refractivity contribution in [3.8, 4) is 11.8 Å². The Hall–Kier alpha value is -4.82. The average Bonchev–Trinajstić information content (AvgIpc) is 3.21. The summed E-state index contributed by atoms with van der Waals surface area (Å²) in [5.74, 6) is -0.363. The van der Waals surface area contributed by atoms with Crippen LogP contribution >= 0.6 is 11.6 Å². The molecule has 0 saturated heterocycles. The summed E-state index contributed by atoms with van der Waals surface area (Å²) in [7, 11) is 0. The minimum Gasteiger partial charge on any atom is -0.441 e. The lowest BCUT2D eigenvalue weighted by molar-refractivity contribution is 0.561. The first-order valence-corrected chi connectivity index (χ1v) is 11.3. The molecule has 1 N–H and O–H groups in total. The summed E-state index contributed by atoms with van der Waals surface area (Å²) >= 11 is 6.43. The second-order valence-corrected chi connectivity index (χ2v) is 8.63. The van der Waals surface area contributed by atoms with E-state index in [0.717, 1.165) is 16.2 Å². The Labute approximate surface area is 213 Å². The monoisotopic (exact) mass is 517 g/mol. The fraction of sp³-hybridized carbons (Fsp3) is 0.120. The van der Waals surface area contributed by atoms with Crippen molar-refractivity contribution < 1.29 is 8.81 Å². The van der Waals surface area contributed by atoms with Crippen LogP contribution in [0.4, 0.5) is 16.0 Å². The third-order valence-corrected chi connectivity index (χ3v) is 5.82. The summed E-state index contributed by atoms with van der Waals surface area (Å²) in [6.07, 6.45) is 2.96. The van der Waals surface area contributed by atoms with E-state index in [9.17, 15) is 19.2 Å². The molecule has 0 aliphatic carbocycles. The lowest BCUT2D eigenvalue weighted by atomic mass is 10.1. The third-order valence-electron chi connectivity index (χ3n) is 5.51. The van der Waals surface area contributed by atoms with Gasteiger partial charge >= 0.3 is 11.4 Å². The van der Waals surface area contributed by atoms with Crippen molar-refractivity contribution >= 4 is 34.3 Å². The summed E-state index contributed by atoms with van der Waals surface area (Å²) in [4.78, 5) is 39.1. The number of hydrogen-bond acceptors (Lipinski definition) is 8. The highest BCUT2D eigenvalue weighted by molar-refractivity contribution is 6.34. The molecule has 0 saturated carbocycles. The van der Waals surface area contributed by atoms with E-state index in [1.165, 1.54) is 22.9 Å². The molecule has 37 heavy (non-hydrogen) atoms. The van der Waals surface area contributed by atoms with Crippen molar-refractivity contribution in [3.63, 3.8) is 0 Å². The molecular weight excluding hydrogens is 501 g/mol. The van der Waals surface area contributed by atoms with Crippen LogP contribution in [-0.4, -0.2) is 24.1 Å². The van der Waals surface area contributed by atoms with Gasteiger partial charge < -0.3 is 9.73 Å². The maximum atomic E-state index is 13.9. The summed E-state index contributed by atoms with van der Waals surface area (Å²) in [5.41, 5.74) is 0.936. The first-order valence-electron chi connectivity index (χ1n) is 10.9. The molecule has 2 aromatic carbocycles. The van der Waals surface area contributed by atoms with Gasteiger partial charge in [0.25, 0.3) is 0 Å². The zero-order valence-electron chi connectivity index (χ0n) is 19.5. The Kier molecular flexibility index (Phi) is 6.02. The number of rotatable bonds is 5. The van der Waals surface area contributed by atoms with E-state index in [1.807, 2.05) is 0 Å². The number of halogens is 2. The minimum absolute atomic E-state index is 0.118. The minimum atomic E-state index is -0.847. The molecule has 0 spiro atoms. The van der Waals surface area contributed by atoms with Gasteiger partial charge in [-0.2, -0.15) is 10.2 Å². The maximum absolute atomic E-state index is 13.9. The molecular formula is C25H17ClFN7O3. The number of nitrogens with one attached hydrogen (secondary N) is 1. The zero-order valence-corrected chi connectivity index (χ0v) is 20.2. The van der Waals surface area contributed by atoms with Crippen LogP contribution in [0.1, 0.15) is 22.6 Å². The van der Waals surface area contributed by atoms with Crippen LogP contribution in [0.5, 0.6) is 0 Å². The Balaban J connectivity index is 1.69. The molecule has 3 heterocycles. The molecule has 3 aromatic heterocycles. The first kappa shape index (κ1) is 23.9. The summed E-state index contributed by atoms with van der Waals surface area (Å²) in [6.45, 7) is 3.33. The fourth-order valence-electron chi connectivity index (χ4n) is 3.83. The van der Waals surface area contributed by atoms with Crippen molar-refractivity contribution in [2.75, 3.05) is 5.32 Å². The molecule has 5 rings (SSSR count). The fourth-order valence-corrected chi connectivity index (χ4v) is 4.04. The van der Waals surface area contributed by atoms with Crippen LogP contribution in [0.3, 0.4) is 0 Å². The second-order valence-electron chi connectivity index (χ2n) is 8.23. The summed E-state index contributed by atoms with van der Waals surface area (Å²) in [5, 5.41) is 12.4. The summed E-state index contributed by atoms with van der Waals surface area (Å²) < 4.78 is 21.5. The van der Waals surface area contributed by atoms with Gasteiger partial charge in [-0.25, -0.2) is 23.5 Å². The number of aromatic nitrogens is 5. The molecule has 0 aliphatic rings. The molecule has 0 unspecified atom stereocenters. The molecule has 5 aromatic rings. The van der Waals surface area contributed by atoms with E-state index in [0.29, 0.717) is 28.2 Å². The number of hydrogen-bond donors (Lipinski definition) is 1. The average molecular weight is 518 g/mol. The predicted molar refractivity (Wildman–Crippen MR) is 134 cm³/mol.